The standard InChI is InChI=1S/C6H8N2O5S2/c7-4-6(5-8)14(9,10)2-1-3-15(11,12)13/h6H,1-3H2,(H,11,12,13). The number of nitriles is 2. The summed E-state index contributed by atoms with van der Waals surface area (Å²) in [6.07, 6.45) is -0.346. The Morgan fingerprint density at radius 3 is 1.87 bits per heavy atom. The molecule has 0 amide bonds. The van der Waals surface area contributed by atoms with E-state index in [4.69, 9.17) is 15.1 Å². The van der Waals surface area contributed by atoms with Gasteiger partial charge in [0.15, 0.2) is 9.84 Å². The number of hydrogen-bond acceptors (Lipinski definition) is 6. The molecule has 84 valence electrons. The van der Waals surface area contributed by atoms with Crippen LogP contribution in [0.25, 0.3) is 0 Å². The van der Waals surface area contributed by atoms with E-state index in [0.717, 1.165) is 0 Å². The van der Waals surface area contributed by atoms with Gasteiger partial charge in [0.05, 0.1) is 23.6 Å². The minimum atomic E-state index is -4.22. The van der Waals surface area contributed by atoms with Gasteiger partial charge in [0.2, 0.25) is 5.25 Å². The van der Waals surface area contributed by atoms with Crippen molar-refractivity contribution in [2.45, 2.75) is 11.7 Å². The molecule has 0 aromatic heterocycles. The summed E-state index contributed by atoms with van der Waals surface area (Å²) < 4.78 is 51.1. The van der Waals surface area contributed by atoms with Gasteiger partial charge in [-0.25, -0.2) is 8.42 Å². The third-order valence-electron chi connectivity index (χ3n) is 1.42. The summed E-state index contributed by atoms with van der Waals surface area (Å²) in [5.74, 6) is -1.34. The second-order valence-corrected chi connectivity index (χ2v) is 6.42. The number of rotatable bonds is 5. The van der Waals surface area contributed by atoms with Crippen LogP contribution in [0.4, 0.5) is 0 Å². The first-order valence-corrected chi connectivity index (χ1v) is 7.01. The first kappa shape index (κ1) is 13.8. The second-order valence-electron chi connectivity index (χ2n) is 2.64. The first-order chi connectivity index (χ1) is 6.73. The SMILES string of the molecule is N#CC(C#N)S(=O)(=O)CCCS(=O)(=O)O. The van der Waals surface area contributed by atoms with Crippen molar-refractivity contribution in [3.63, 3.8) is 0 Å². The molecule has 0 radical (unpaired) electrons. The van der Waals surface area contributed by atoms with Crippen molar-refractivity contribution in [2.75, 3.05) is 11.5 Å². The summed E-state index contributed by atoms with van der Waals surface area (Å²) >= 11 is 0. The summed E-state index contributed by atoms with van der Waals surface area (Å²) in [5, 5.41) is 14.8. The van der Waals surface area contributed by atoms with Crippen LogP contribution in [0, 0.1) is 22.7 Å². The van der Waals surface area contributed by atoms with Crippen LogP contribution >= 0.6 is 0 Å². The second kappa shape index (κ2) is 5.07. The molecule has 0 saturated heterocycles. The molecular formula is C6H8N2O5S2. The lowest BCUT2D eigenvalue weighted by molar-refractivity contribution is 0.482. The Labute approximate surface area is 87.6 Å². The Hall–Kier alpha value is -1.16. The molecule has 0 spiro atoms. The van der Waals surface area contributed by atoms with Gasteiger partial charge in [0.25, 0.3) is 10.1 Å². The molecule has 9 heteroatoms. The molecule has 0 aliphatic carbocycles. The highest BCUT2D eigenvalue weighted by Crippen LogP contribution is 2.03. The molecule has 0 aromatic rings. The normalized spacial score (nSPS) is 12.0. The third-order valence-corrected chi connectivity index (χ3v) is 4.02. The van der Waals surface area contributed by atoms with Crippen molar-refractivity contribution in [1.82, 2.24) is 0 Å². The molecule has 0 rings (SSSR count). The molecule has 1 N–H and O–H groups in total. The van der Waals surface area contributed by atoms with E-state index in [1.165, 1.54) is 12.1 Å². The Morgan fingerprint density at radius 1 is 1.07 bits per heavy atom. The van der Waals surface area contributed by atoms with Crippen molar-refractivity contribution in [2.24, 2.45) is 0 Å². The predicted octanol–water partition coefficient (Wildman–Crippen LogP) is -0.905. The molecule has 7 nitrogen and oxygen atoms in total. The molecule has 0 saturated carbocycles. The molecule has 0 aliphatic heterocycles. The van der Waals surface area contributed by atoms with Gasteiger partial charge in [-0.05, 0) is 6.42 Å². The van der Waals surface area contributed by atoms with Crippen LogP contribution in [0.5, 0.6) is 0 Å². The van der Waals surface area contributed by atoms with E-state index in [1.807, 2.05) is 0 Å². The lowest BCUT2D eigenvalue weighted by atomic mass is 10.5. The van der Waals surface area contributed by atoms with Gasteiger partial charge in [0, 0.05) is 0 Å². The molecule has 0 aromatic carbocycles. The molecule has 15 heavy (non-hydrogen) atoms. The molecule has 0 atom stereocenters. The summed E-state index contributed by atoms with van der Waals surface area (Å²) in [4.78, 5) is 0. The fraction of sp³-hybridized carbons (Fsp3) is 0.667. The summed E-state index contributed by atoms with van der Waals surface area (Å²) in [6.45, 7) is 0. The van der Waals surface area contributed by atoms with Crippen molar-refractivity contribution in [3.8, 4) is 12.1 Å². The highest BCUT2D eigenvalue weighted by molar-refractivity contribution is 7.92. The van der Waals surface area contributed by atoms with Gasteiger partial charge in [-0.1, -0.05) is 0 Å². The Kier molecular flexibility index (Phi) is 4.68. The largest absolute Gasteiger partial charge is 0.286 e. The van der Waals surface area contributed by atoms with E-state index in [1.54, 1.807) is 0 Å². The average Bonchev–Trinajstić information content (AvgIpc) is 2.02. The highest BCUT2D eigenvalue weighted by atomic mass is 32.2. The van der Waals surface area contributed by atoms with Gasteiger partial charge >= 0.3 is 0 Å². The van der Waals surface area contributed by atoms with Crippen LogP contribution in [0.3, 0.4) is 0 Å². The Morgan fingerprint density at radius 2 is 1.53 bits per heavy atom. The smallest absolute Gasteiger partial charge is 0.264 e. The molecule has 0 heterocycles. The minimum Gasteiger partial charge on any atom is -0.286 e. The van der Waals surface area contributed by atoms with Gasteiger partial charge < -0.3 is 0 Å². The molecule has 0 fully saturated rings. The highest BCUT2D eigenvalue weighted by Gasteiger charge is 2.24. The van der Waals surface area contributed by atoms with E-state index >= 15 is 0 Å². The maximum atomic E-state index is 11.2. The molecular weight excluding hydrogens is 244 g/mol. The molecule has 0 aliphatic rings. The van der Waals surface area contributed by atoms with Crippen LogP contribution in [0.15, 0.2) is 0 Å². The lowest BCUT2D eigenvalue weighted by Crippen LogP contribution is -2.22. The van der Waals surface area contributed by atoms with Crippen molar-refractivity contribution < 1.29 is 21.4 Å². The van der Waals surface area contributed by atoms with E-state index in [9.17, 15) is 16.8 Å². The van der Waals surface area contributed by atoms with Crippen molar-refractivity contribution in [1.29, 1.82) is 10.5 Å². The number of hydrogen-bond donors (Lipinski definition) is 1. The zero-order valence-electron chi connectivity index (χ0n) is 7.49. The maximum Gasteiger partial charge on any atom is 0.264 e. The predicted molar refractivity (Wildman–Crippen MR) is 49.8 cm³/mol. The number of sulfone groups is 1. The van der Waals surface area contributed by atoms with E-state index < -0.39 is 36.7 Å². The van der Waals surface area contributed by atoms with Gasteiger partial charge in [-0.3, -0.25) is 4.55 Å². The fourth-order valence-electron chi connectivity index (χ4n) is 0.750. The van der Waals surface area contributed by atoms with Crippen LogP contribution in [0.2, 0.25) is 0 Å². The maximum absolute atomic E-state index is 11.2. The van der Waals surface area contributed by atoms with Crippen molar-refractivity contribution >= 4 is 20.0 Å². The summed E-state index contributed by atoms with van der Waals surface area (Å²) in [7, 11) is -8.16. The quantitative estimate of drug-likeness (QED) is 0.625. The van der Waals surface area contributed by atoms with Crippen LogP contribution in [0.1, 0.15) is 6.42 Å². The zero-order chi connectivity index (χ0) is 12.1. The Balaban J connectivity index is 4.45. The lowest BCUT2D eigenvalue weighted by Gasteiger charge is -2.02. The Bertz CT molecular complexity index is 479. The molecule has 0 bridgehead atoms. The van der Waals surface area contributed by atoms with E-state index in [2.05, 4.69) is 0 Å². The number of nitrogens with zero attached hydrogens (tertiary/aromatic N) is 2. The third kappa shape index (κ3) is 5.32. The molecule has 0 unspecified atom stereocenters. The van der Waals surface area contributed by atoms with Gasteiger partial charge in [-0.15, -0.1) is 0 Å². The van der Waals surface area contributed by atoms with Crippen molar-refractivity contribution in [3.05, 3.63) is 0 Å². The summed E-state index contributed by atoms with van der Waals surface area (Å²) in [5.41, 5.74) is 0. The van der Waals surface area contributed by atoms with Crippen LogP contribution in [-0.2, 0) is 20.0 Å². The fourth-order valence-corrected chi connectivity index (χ4v) is 2.55. The monoisotopic (exact) mass is 252 g/mol. The average molecular weight is 252 g/mol. The topological polar surface area (TPSA) is 136 Å². The summed E-state index contributed by atoms with van der Waals surface area (Å²) in [6, 6.07) is 2.56. The zero-order valence-corrected chi connectivity index (χ0v) is 9.12. The minimum absolute atomic E-state index is 0.346. The van der Waals surface area contributed by atoms with E-state index in [0.29, 0.717) is 0 Å². The van der Waals surface area contributed by atoms with Crippen LogP contribution in [-0.4, -0.2) is 38.1 Å². The first-order valence-electron chi connectivity index (χ1n) is 3.69. The van der Waals surface area contributed by atoms with Gasteiger partial charge in [0.1, 0.15) is 0 Å². The van der Waals surface area contributed by atoms with Crippen LogP contribution < -0.4 is 0 Å². The van der Waals surface area contributed by atoms with E-state index in [-0.39, 0.29) is 6.42 Å². The van der Waals surface area contributed by atoms with Gasteiger partial charge in [-0.2, -0.15) is 18.9 Å².